The van der Waals surface area contributed by atoms with Crippen molar-refractivity contribution in [2.45, 2.75) is 63.1 Å². The average Bonchev–Trinajstić information content (AvgIpc) is 2.89. The predicted octanol–water partition coefficient (Wildman–Crippen LogP) is 3.10. The molecule has 0 saturated carbocycles. The highest BCUT2D eigenvalue weighted by atomic mass is 16.1. The summed E-state index contributed by atoms with van der Waals surface area (Å²) in [5, 5.41) is 3.33. The maximum atomic E-state index is 12.9. The Morgan fingerprint density at radius 1 is 1.17 bits per heavy atom. The van der Waals surface area contributed by atoms with Crippen LogP contribution < -0.4 is 5.32 Å². The number of fused-ring (bicyclic) bond motifs is 3. The Bertz CT molecular complexity index is 662. The number of amides is 1. The molecule has 0 spiro atoms. The van der Waals surface area contributed by atoms with Crippen molar-refractivity contribution in [3.8, 4) is 0 Å². The summed E-state index contributed by atoms with van der Waals surface area (Å²) in [6.07, 6.45) is 6.89. The van der Waals surface area contributed by atoms with E-state index >= 15 is 0 Å². The van der Waals surface area contributed by atoms with Crippen LogP contribution in [0.1, 0.15) is 50.7 Å². The van der Waals surface area contributed by atoms with Gasteiger partial charge < -0.3 is 10.2 Å². The summed E-state index contributed by atoms with van der Waals surface area (Å²) in [6.45, 7) is 4.36. The van der Waals surface area contributed by atoms with Crippen LogP contribution in [-0.4, -0.2) is 36.0 Å². The number of hydrogen-bond acceptors (Lipinski definition) is 2. The monoisotopic (exact) mass is 310 g/mol. The zero-order chi connectivity index (χ0) is 16.2. The molecule has 3 heteroatoms. The van der Waals surface area contributed by atoms with Crippen LogP contribution in [0.3, 0.4) is 0 Å². The molecule has 1 N–H and O–H groups in total. The molecule has 3 nitrogen and oxygen atoms in total. The third-order valence-electron chi connectivity index (χ3n) is 6.09. The van der Waals surface area contributed by atoms with Gasteiger partial charge in [-0.25, -0.2) is 0 Å². The molecule has 0 aromatic heterocycles. The van der Waals surface area contributed by atoms with Gasteiger partial charge in [0.2, 0.25) is 0 Å². The Labute approximate surface area is 138 Å². The molecule has 23 heavy (non-hydrogen) atoms. The van der Waals surface area contributed by atoms with E-state index in [0.717, 1.165) is 24.0 Å². The van der Waals surface area contributed by atoms with Gasteiger partial charge in [-0.1, -0.05) is 44.2 Å². The predicted molar refractivity (Wildman–Crippen MR) is 93.2 cm³/mol. The summed E-state index contributed by atoms with van der Waals surface area (Å²) < 4.78 is 0. The van der Waals surface area contributed by atoms with Gasteiger partial charge >= 0.3 is 0 Å². The van der Waals surface area contributed by atoms with E-state index in [1.54, 1.807) is 0 Å². The van der Waals surface area contributed by atoms with E-state index < -0.39 is 0 Å². The molecule has 2 saturated heterocycles. The SMILES string of the molecule is CN1[C@@H]2CC[C@H]1CC(NC(=O)C1=CC(C)(C)c3ccccc31)C2. The molecule has 3 atom stereocenters. The van der Waals surface area contributed by atoms with Crippen molar-refractivity contribution in [1.82, 2.24) is 10.2 Å². The molecule has 1 unspecified atom stereocenters. The summed E-state index contributed by atoms with van der Waals surface area (Å²) in [5.74, 6) is 0.108. The van der Waals surface area contributed by atoms with Crippen LogP contribution in [0.25, 0.3) is 5.57 Å². The van der Waals surface area contributed by atoms with Gasteiger partial charge in [-0.15, -0.1) is 0 Å². The van der Waals surface area contributed by atoms with Crippen LogP contribution in [0.2, 0.25) is 0 Å². The fraction of sp³-hybridized carbons (Fsp3) is 0.550. The lowest BCUT2D eigenvalue weighted by molar-refractivity contribution is -0.116. The third kappa shape index (κ3) is 2.42. The van der Waals surface area contributed by atoms with E-state index in [1.165, 1.54) is 18.4 Å². The fourth-order valence-corrected chi connectivity index (χ4v) is 4.78. The van der Waals surface area contributed by atoms with Gasteiger partial charge in [0.05, 0.1) is 0 Å². The minimum Gasteiger partial charge on any atom is -0.349 e. The van der Waals surface area contributed by atoms with Gasteiger partial charge in [0.25, 0.3) is 5.91 Å². The van der Waals surface area contributed by atoms with Crippen LogP contribution in [0.4, 0.5) is 0 Å². The van der Waals surface area contributed by atoms with Crippen molar-refractivity contribution in [2.24, 2.45) is 0 Å². The summed E-state index contributed by atoms with van der Waals surface area (Å²) in [7, 11) is 2.23. The third-order valence-corrected chi connectivity index (χ3v) is 6.09. The molecule has 2 heterocycles. The van der Waals surface area contributed by atoms with E-state index in [0.29, 0.717) is 18.1 Å². The zero-order valence-electron chi connectivity index (χ0n) is 14.3. The Morgan fingerprint density at radius 3 is 2.52 bits per heavy atom. The van der Waals surface area contributed by atoms with Gasteiger partial charge in [0.15, 0.2) is 0 Å². The lowest BCUT2D eigenvalue weighted by Crippen LogP contribution is -2.48. The summed E-state index contributed by atoms with van der Waals surface area (Å²) in [4.78, 5) is 15.4. The first-order chi connectivity index (χ1) is 11.0. The normalized spacial score (nSPS) is 31.6. The van der Waals surface area contributed by atoms with Crippen molar-refractivity contribution in [1.29, 1.82) is 0 Å². The number of benzene rings is 1. The largest absolute Gasteiger partial charge is 0.349 e. The Balaban J connectivity index is 1.53. The molecule has 122 valence electrons. The Kier molecular flexibility index (Phi) is 3.38. The van der Waals surface area contributed by atoms with Crippen molar-refractivity contribution in [3.63, 3.8) is 0 Å². The van der Waals surface area contributed by atoms with Gasteiger partial charge in [-0.3, -0.25) is 4.79 Å². The van der Waals surface area contributed by atoms with E-state index in [4.69, 9.17) is 0 Å². The number of nitrogens with zero attached hydrogens (tertiary/aromatic N) is 1. The minimum atomic E-state index is -0.0604. The molecule has 2 fully saturated rings. The highest BCUT2D eigenvalue weighted by Gasteiger charge is 2.40. The van der Waals surface area contributed by atoms with Gasteiger partial charge in [-0.05, 0) is 43.9 Å². The van der Waals surface area contributed by atoms with E-state index in [9.17, 15) is 4.79 Å². The number of carbonyl (C=O) groups excluding carboxylic acids is 1. The van der Waals surface area contributed by atoms with Gasteiger partial charge in [-0.2, -0.15) is 0 Å². The highest BCUT2D eigenvalue weighted by molar-refractivity contribution is 6.21. The molecule has 1 aromatic rings. The maximum Gasteiger partial charge on any atom is 0.251 e. The quantitative estimate of drug-likeness (QED) is 0.910. The smallest absolute Gasteiger partial charge is 0.251 e. The summed E-state index contributed by atoms with van der Waals surface area (Å²) in [6, 6.07) is 9.94. The summed E-state index contributed by atoms with van der Waals surface area (Å²) >= 11 is 0. The average molecular weight is 310 g/mol. The number of allylic oxidation sites excluding steroid dienone is 1. The van der Waals surface area contributed by atoms with Gasteiger partial charge in [0.1, 0.15) is 0 Å². The molecule has 2 aliphatic heterocycles. The molecule has 3 aliphatic rings. The fourth-order valence-electron chi connectivity index (χ4n) is 4.78. The van der Waals surface area contributed by atoms with Crippen molar-refractivity contribution in [2.75, 3.05) is 7.05 Å². The van der Waals surface area contributed by atoms with Crippen LogP contribution >= 0.6 is 0 Å². The Morgan fingerprint density at radius 2 is 1.83 bits per heavy atom. The van der Waals surface area contributed by atoms with E-state index in [-0.39, 0.29) is 11.3 Å². The first kappa shape index (κ1) is 14.9. The zero-order valence-corrected chi connectivity index (χ0v) is 14.3. The molecular weight excluding hydrogens is 284 g/mol. The Hall–Kier alpha value is -1.61. The maximum absolute atomic E-state index is 12.9. The first-order valence-electron chi connectivity index (χ1n) is 8.81. The van der Waals surface area contributed by atoms with Gasteiger partial charge in [0, 0.05) is 29.1 Å². The number of nitrogens with one attached hydrogen (secondary N) is 1. The highest BCUT2D eigenvalue weighted by Crippen LogP contribution is 2.40. The molecular formula is C20H26N2O. The van der Waals surface area contributed by atoms with Crippen LogP contribution in [-0.2, 0) is 10.2 Å². The second-order valence-electron chi connectivity index (χ2n) is 8.02. The lowest BCUT2D eigenvalue weighted by Gasteiger charge is -2.36. The standard InChI is InChI=1S/C20H26N2O/c1-20(2)12-17(16-6-4-5-7-18(16)20)19(23)21-13-10-14-8-9-15(11-13)22(14)3/h4-7,12-15H,8-11H2,1-3H3,(H,21,23)/t13?,14-,15+. The molecule has 4 rings (SSSR count). The topological polar surface area (TPSA) is 32.3 Å². The van der Waals surface area contributed by atoms with Crippen molar-refractivity contribution in [3.05, 3.63) is 41.5 Å². The first-order valence-corrected chi connectivity index (χ1v) is 8.81. The lowest BCUT2D eigenvalue weighted by atomic mass is 9.87. The van der Waals surface area contributed by atoms with E-state index in [2.05, 4.69) is 55.4 Å². The number of hydrogen-bond donors (Lipinski definition) is 1. The van der Waals surface area contributed by atoms with Crippen molar-refractivity contribution < 1.29 is 4.79 Å². The minimum absolute atomic E-state index is 0.0604. The van der Waals surface area contributed by atoms with Crippen LogP contribution in [0, 0.1) is 0 Å². The summed E-state index contributed by atoms with van der Waals surface area (Å²) in [5.41, 5.74) is 3.16. The van der Waals surface area contributed by atoms with Crippen LogP contribution in [0.15, 0.2) is 30.3 Å². The number of carbonyl (C=O) groups is 1. The molecule has 0 radical (unpaired) electrons. The number of piperidine rings is 1. The number of rotatable bonds is 2. The van der Waals surface area contributed by atoms with Crippen LogP contribution in [0.5, 0.6) is 0 Å². The molecule has 2 bridgehead atoms. The second kappa shape index (κ2) is 5.20. The molecule has 1 amide bonds. The second-order valence-corrected chi connectivity index (χ2v) is 8.02. The molecule has 1 aromatic carbocycles. The van der Waals surface area contributed by atoms with E-state index in [1.807, 2.05) is 6.07 Å². The molecule has 1 aliphatic carbocycles. The van der Waals surface area contributed by atoms with Crippen molar-refractivity contribution >= 4 is 11.5 Å².